The highest BCUT2D eigenvalue weighted by Crippen LogP contribution is 2.18. The monoisotopic (exact) mass is 269 g/mol. The summed E-state index contributed by atoms with van der Waals surface area (Å²) in [4.78, 5) is 18.4. The van der Waals surface area contributed by atoms with Gasteiger partial charge < -0.3 is 14.5 Å². The molecule has 110 valence electrons. The van der Waals surface area contributed by atoms with Crippen LogP contribution in [0.1, 0.15) is 12.8 Å². The average molecular weight is 269 g/mol. The summed E-state index contributed by atoms with van der Waals surface area (Å²) in [5, 5.41) is 0. The molecular weight excluding hydrogens is 242 g/mol. The number of carbonyl (C=O) groups excluding carboxylic acids is 1. The molecule has 2 fully saturated rings. The number of methoxy groups -OCH3 is 1. The molecule has 2 aliphatic rings. The summed E-state index contributed by atoms with van der Waals surface area (Å²) in [7, 11) is 3.69. The van der Waals surface area contributed by atoms with E-state index >= 15 is 0 Å². The molecule has 2 aliphatic heterocycles. The Kier molecular flexibility index (Phi) is 5.60. The van der Waals surface area contributed by atoms with E-state index in [4.69, 9.17) is 4.74 Å². The minimum absolute atomic E-state index is 0.306. The Hall–Kier alpha value is -0.650. The van der Waals surface area contributed by atoms with Crippen LogP contribution in [0, 0.1) is 5.92 Å². The Bertz CT molecular complexity index is 290. The van der Waals surface area contributed by atoms with Crippen molar-refractivity contribution < 1.29 is 9.53 Å². The lowest BCUT2D eigenvalue weighted by Gasteiger charge is -2.38. The van der Waals surface area contributed by atoms with Gasteiger partial charge in [-0.2, -0.15) is 0 Å². The van der Waals surface area contributed by atoms with Crippen LogP contribution < -0.4 is 0 Å². The van der Waals surface area contributed by atoms with E-state index in [1.165, 1.54) is 0 Å². The minimum atomic E-state index is 0.306. The van der Waals surface area contributed by atoms with Crippen LogP contribution >= 0.6 is 0 Å². The second-order valence-corrected chi connectivity index (χ2v) is 5.81. The molecular formula is C14H27N3O2. The number of piperidine rings is 1. The first kappa shape index (κ1) is 14.8. The molecule has 0 radical (unpaired) electrons. The summed E-state index contributed by atoms with van der Waals surface area (Å²) in [6, 6.07) is 0. The van der Waals surface area contributed by atoms with Crippen LogP contribution in [0.15, 0.2) is 0 Å². The second kappa shape index (κ2) is 7.22. The van der Waals surface area contributed by atoms with Crippen LogP contribution in [-0.2, 0) is 9.53 Å². The number of amides is 1. The molecule has 2 saturated heterocycles. The Labute approximate surface area is 116 Å². The van der Waals surface area contributed by atoms with Crippen molar-refractivity contribution in [1.82, 2.24) is 14.7 Å². The van der Waals surface area contributed by atoms with Gasteiger partial charge in [-0.15, -0.1) is 0 Å². The molecule has 0 saturated carbocycles. The molecule has 5 nitrogen and oxygen atoms in total. The standard InChI is InChI=1S/C14H27N3O2/c1-15-11-13(3-4-14(15)18)12-17-7-5-16(6-8-17)9-10-19-2/h13H,3-12H2,1-2H3. The van der Waals surface area contributed by atoms with Crippen molar-refractivity contribution in [1.29, 1.82) is 0 Å². The molecule has 2 rings (SSSR count). The smallest absolute Gasteiger partial charge is 0.222 e. The SMILES string of the molecule is COCCN1CCN(CC2CCC(=O)N(C)C2)CC1. The van der Waals surface area contributed by atoms with E-state index in [9.17, 15) is 4.79 Å². The van der Waals surface area contributed by atoms with Crippen LogP contribution in [-0.4, -0.2) is 87.2 Å². The number of hydrogen-bond donors (Lipinski definition) is 0. The lowest BCUT2D eigenvalue weighted by molar-refractivity contribution is -0.133. The van der Waals surface area contributed by atoms with Crippen molar-refractivity contribution in [3.05, 3.63) is 0 Å². The van der Waals surface area contributed by atoms with Crippen LogP contribution in [0.5, 0.6) is 0 Å². The normalized spacial score (nSPS) is 26.9. The van der Waals surface area contributed by atoms with E-state index in [2.05, 4.69) is 9.80 Å². The van der Waals surface area contributed by atoms with Crippen molar-refractivity contribution >= 4 is 5.91 Å². The highest BCUT2D eigenvalue weighted by Gasteiger charge is 2.26. The molecule has 1 unspecified atom stereocenters. The zero-order valence-electron chi connectivity index (χ0n) is 12.3. The molecule has 0 aromatic heterocycles. The first-order chi connectivity index (χ1) is 9.19. The molecule has 0 aromatic rings. The first-order valence-corrected chi connectivity index (χ1v) is 7.36. The van der Waals surface area contributed by atoms with Crippen molar-refractivity contribution in [2.75, 3.05) is 66.6 Å². The number of carbonyl (C=O) groups is 1. The topological polar surface area (TPSA) is 36.0 Å². The van der Waals surface area contributed by atoms with Gasteiger partial charge in [-0.25, -0.2) is 0 Å². The van der Waals surface area contributed by atoms with Gasteiger partial charge in [0.15, 0.2) is 0 Å². The zero-order chi connectivity index (χ0) is 13.7. The summed E-state index contributed by atoms with van der Waals surface area (Å²) >= 11 is 0. The van der Waals surface area contributed by atoms with Gasteiger partial charge in [-0.1, -0.05) is 0 Å². The van der Waals surface area contributed by atoms with E-state index in [1.807, 2.05) is 11.9 Å². The van der Waals surface area contributed by atoms with Gasteiger partial charge in [0.05, 0.1) is 6.61 Å². The van der Waals surface area contributed by atoms with Crippen LogP contribution in [0.3, 0.4) is 0 Å². The third-order valence-corrected chi connectivity index (χ3v) is 4.32. The average Bonchev–Trinajstić information content (AvgIpc) is 2.42. The maximum Gasteiger partial charge on any atom is 0.222 e. The summed E-state index contributed by atoms with van der Waals surface area (Å²) in [5.74, 6) is 0.967. The number of piperazine rings is 1. The third kappa shape index (κ3) is 4.44. The summed E-state index contributed by atoms with van der Waals surface area (Å²) < 4.78 is 5.12. The van der Waals surface area contributed by atoms with Gasteiger partial charge in [-0.05, 0) is 12.3 Å². The molecule has 0 spiro atoms. The van der Waals surface area contributed by atoms with Crippen LogP contribution in [0.2, 0.25) is 0 Å². The van der Waals surface area contributed by atoms with Gasteiger partial charge in [0.1, 0.15) is 0 Å². The molecule has 0 aromatic carbocycles. The number of hydrogen-bond acceptors (Lipinski definition) is 4. The Morgan fingerprint density at radius 2 is 1.89 bits per heavy atom. The lowest BCUT2D eigenvalue weighted by atomic mass is 9.97. The molecule has 5 heteroatoms. The van der Waals surface area contributed by atoms with E-state index in [0.29, 0.717) is 11.8 Å². The fourth-order valence-electron chi connectivity index (χ4n) is 3.03. The molecule has 1 amide bonds. The molecule has 2 heterocycles. The Balaban J connectivity index is 1.66. The predicted molar refractivity (Wildman–Crippen MR) is 75.1 cm³/mol. The molecule has 0 N–H and O–H groups in total. The van der Waals surface area contributed by atoms with Crippen LogP contribution in [0.25, 0.3) is 0 Å². The van der Waals surface area contributed by atoms with E-state index < -0.39 is 0 Å². The largest absolute Gasteiger partial charge is 0.383 e. The van der Waals surface area contributed by atoms with E-state index in [-0.39, 0.29) is 0 Å². The van der Waals surface area contributed by atoms with E-state index in [0.717, 1.165) is 65.3 Å². The van der Waals surface area contributed by atoms with Gasteiger partial charge in [0, 0.05) is 66.4 Å². The number of rotatable bonds is 5. The quantitative estimate of drug-likeness (QED) is 0.710. The number of ether oxygens (including phenoxy) is 1. The fourth-order valence-corrected chi connectivity index (χ4v) is 3.03. The van der Waals surface area contributed by atoms with Gasteiger partial charge in [0.2, 0.25) is 5.91 Å². The second-order valence-electron chi connectivity index (χ2n) is 5.81. The number of nitrogens with zero attached hydrogens (tertiary/aromatic N) is 3. The predicted octanol–water partition coefficient (Wildman–Crippen LogP) is 0.119. The fraction of sp³-hybridized carbons (Fsp3) is 0.929. The van der Waals surface area contributed by atoms with Gasteiger partial charge >= 0.3 is 0 Å². The van der Waals surface area contributed by atoms with Gasteiger partial charge in [0.25, 0.3) is 0 Å². The third-order valence-electron chi connectivity index (χ3n) is 4.32. The summed E-state index contributed by atoms with van der Waals surface area (Å²) in [5.41, 5.74) is 0. The maximum absolute atomic E-state index is 11.5. The lowest BCUT2D eigenvalue weighted by Crippen LogP contribution is -2.50. The Morgan fingerprint density at radius 3 is 2.53 bits per heavy atom. The van der Waals surface area contributed by atoms with Crippen molar-refractivity contribution in [2.24, 2.45) is 5.92 Å². The summed E-state index contributed by atoms with van der Waals surface area (Å²) in [6.07, 6.45) is 1.79. The highest BCUT2D eigenvalue weighted by molar-refractivity contribution is 5.76. The molecule has 1 atom stereocenters. The highest BCUT2D eigenvalue weighted by atomic mass is 16.5. The van der Waals surface area contributed by atoms with Gasteiger partial charge in [-0.3, -0.25) is 9.69 Å². The van der Waals surface area contributed by atoms with Crippen LogP contribution in [0.4, 0.5) is 0 Å². The summed E-state index contributed by atoms with van der Waals surface area (Å²) in [6.45, 7) is 8.55. The molecule has 0 bridgehead atoms. The zero-order valence-corrected chi connectivity index (χ0v) is 12.3. The minimum Gasteiger partial charge on any atom is -0.383 e. The van der Waals surface area contributed by atoms with Crippen molar-refractivity contribution in [3.63, 3.8) is 0 Å². The maximum atomic E-state index is 11.5. The molecule has 0 aliphatic carbocycles. The first-order valence-electron chi connectivity index (χ1n) is 7.36. The molecule has 19 heavy (non-hydrogen) atoms. The van der Waals surface area contributed by atoms with Crippen molar-refractivity contribution in [2.45, 2.75) is 12.8 Å². The number of likely N-dealkylation sites (tertiary alicyclic amines) is 1. The Morgan fingerprint density at radius 1 is 1.21 bits per heavy atom. The van der Waals surface area contributed by atoms with Crippen molar-refractivity contribution in [3.8, 4) is 0 Å². The van der Waals surface area contributed by atoms with E-state index in [1.54, 1.807) is 7.11 Å².